The second-order valence-electron chi connectivity index (χ2n) is 9.66. The van der Waals surface area contributed by atoms with Crippen molar-refractivity contribution < 1.29 is 9.90 Å². The molecule has 2 nitrogen and oxygen atoms in total. The number of hydrogen-bond donors (Lipinski definition) is 1. The molecule has 1 N–H and O–H groups in total. The Labute approximate surface area is 135 Å². The standard InChI is InChI=1S/C20H32O2/c1-18-10-11-20(3)16(15(18)6-7-17(18)22)5-4-13-12-14(21)8-9-19(13,20)2/h13,15-17,22H,4-12H2,1-3H3/t13?,15-,16+,17-,18-,19-,20-/m0/s1. The summed E-state index contributed by atoms with van der Waals surface area (Å²) in [5.74, 6) is 2.58. The lowest BCUT2D eigenvalue weighted by Crippen LogP contribution is -2.60. The molecule has 0 heterocycles. The third kappa shape index (κ3) is 1.68. The summed E-state index contributed by atoms with van der Waals surface area (Å²) in [7, 11) is 0. The Morgan fingerprint density at radius 2 is 1.64 bits per heavy atom. The minimum absolute atomic E-state index is 0.0829. The zero-order valence-corrected chi connectivity index (χ0v) is 14.5. The SMILES string of the molecule is C[C@]12CC[C@@]3(C)[C@H](CCC4CC(=O)CC[C@@]43C)[C@@H]1CC[C@@H]2O. The molecule has 4 aliphatic carbocycles. The Morgan fingerprint density at radius 1 is 0.909 bits per heavy atom. The van der Waals surface area contributed by atoms with E-state index < -0.39 is 0 Å². The van der Waals surface area contributed by atoms with Crippen molar-refractivity contribution in [3.05, 3.63) is 0 Å². The number of carbonyl (C=O) groups excluding carboxylic acids is 1. The predicted octanol–water partition coefficient (Wildman–Crippen LogP) is 4.35. The lowest BCUT2D eigenvalue weighted by atomic mass is 9.39. The van der Waals surface area contributed by atoms with Gasteiger partial charge in [-0.15, -0.1) is 0 Å². The predicted molar refractivity (Wildman–Crippen MR) is 87.4 cm³/mol. The van der Waals surface area contributed by atoms with E-state index >= 15 is 0 Å². The number of carbonyl (C=O) groups is 1. The zero-order valence-electron chi connectivity index (χ0n) is 14.5. The van der Waals surface area contributed by atoms with Crippen LogP contribution < -0.4 is 0 Å². The van der Waals surface area contributed by atoms with E-state index in [4.69, 9.17) is 0 Å². The summed E-state index contributed by atoms with van der Waals surface area (Å²) in [5.41, 5.74) is 0.890. The Kier molecular flexibility index (Phi) is 3.16. The Morgan fingerprint density at radius 3 is 2.41 bits per heavy atom. The van der Waals surface area contributed by atoms with Crippen LogP contribution in [0.1, 0.15) is 78.6 Å². The first-order valence-corrected chi connectivity index (χ1v) is 9.51. The smallest absolute Gasteiger partial charge is 0.133 e. The molecule has 4 rings (SSSR count). The molecule has 0 radical (unpaired) electrons. The van der Waals surface area contributed by atoms with Gasteiger partial charge in [0.25, 0.3) is 0 Å². The highest BCUT2D eigenvalue weighted by atomic mass is 16.3. The first-order chi connectivity index (χ1) is 10.3. The van der Waals surface area contributed by atoms with Crippen molar-refractivity contribution in [3.8, 4) is 0 Å². The molecule has 22 heavy (non-hydrogen) atoms. The number of Topliss-reactive ketones (excluding diaryl/α,β-unsaturated/α-hetero) is 1. The van der Waals surface area contributed by atoms with Gasteiger partial charge in [-0.05, 0) is 78.9 Å². The van der Waals surface area contributed by atoms with Crippen LogP contribution >= 0.6 is 0 Å². The second kappa shape index (κ2) is 4.59. The molecular formula is C20H32O2. The second-order valence-corrected chi connectivity index (χ2v) is 9.66. The van der Waals surface area contributed by atoms with Gasteiger partial charge < -0.3 is 5.11 Å². The quantitative estimate of drug-likeness (QED) is 0.722. The molecule has 0 bridgehead atoms. The van der Waals surface area contributed by atoms with E-state index in [2.05, 4.69) is 20.8 Å². The number of aliphatic hydroxyl groups is 1. The van der Waals surface area contributed by atoms with Crippen LogP contribution in [0.2, 0.25) is 0 Å². The van der Waals surface area contributed by atoms with E-state index in [0.717, 1.165) is 31.6 Å². The number of aliphatic hydroxyl groups excluding tert-OH is 1. The summed E-state index contributed by atoms with van der Waals surface area (Å²) < 4.78 is 0. The average molecular weight is 304 g/mol. The van der Waals surface area contributed by atoms with Crippen molar-refractivity contribution >= 4 is 5.78 Å². The summed E-state index contributed by atoms with van der Waals surface area (Å²) in [6, 6.07) is 0. The fourth-order valence-corrected chi connectivity index (χ4v) is 7.40. The topological polar surface area (TPSA) is 37.3 Å². The molecule has 0 aliphatic heterocycles. The van der Waals surface area contributed by atoms with Crippen molar-refractivity contribution in [2.75, 3.05) is 0 Å². The van der Waals surface area contributed by atoms with Gasteiger partial charge in [0.2, 0.25) is 0 Å². The van der Waals surface area contributed by atoms with Gasteiger partial charge in [0, 0.05) is 12.8 Å². The lowest BCUT2D eigenvalue weighted by molar-refractivity contribution is -0.181. The maximum absolute atomic E-state index is 12.0. The summed E-state index contributed by atoms with van der Waals surface area (Å²) in [6.45, 7) is 7.40. The maximum Gasteiger partial charge on any atom is 0.133 e. The van der Waals surface area contributed by atoms with Gasteiger partial charge in [-0.25, -0.2) is 0 Å². The number of hydrogen-bond acceptors (Lipinski definition) is 2. The summed E-state index contributed by atoms with van der Waals surface area (Å²) in [4.78, 5) is 12.0. The fraction of sp³-hybridized carbons (Fsp3) is 0.950. The van der Waals surface area contributed by atoms with Gasteiger partial charge >= 0.3 is 0 Å². The van der Waals surface area contributed by atoms with E-state index in [-0.39, 0.29) is 11.5 Å². The first kappa shape index (κ1) is 15.2. The molecule has 0 aromatic carbocycles. The van der Waals surface area contributed by atoms with Crippen LogP contribution in [0.15, 0.2) is 0 Å². The highest BCUT2D eigenvalue weighted by Crippen LogP contribution is 2.71. The Hall–Kier alpha value is -0.370. The monoisotopic (exact) mass is 304 g/mol. The number of rotatable bonds is 0. The molecular weight excluding hydrogens is 272 g/mol. The van der Waals surface area contributed by atoms with Crippen LogP contribution in [0.4, 0.5) is 0 Å². The Bertz CT molecular complexity index is 500. The molecule has 4 aliphatic rings. The largest absolute Gasteiger partial charge is 0.393 e. The summed E-state index contributed by atoms with van der Waals surface area (Å²) >= 11 is 0. The normalized spacial score (nSPS) is 57.9. The minimum atomic E-state index is -0.0829. The highest BCUT2D eigenvalue weighted by Gasteiger charge is 2.65. The minimum Gasteiger partial charge on any atom is -0.393 e. The third-order valence-corrected chi connectivity index (χ3v) is 9.28. The van der Waals surface area contributed by atoms with E-state index in [1.807, 2.05) is 0 Å². The lowest BCUT2D eigenvalue weighted by Gasteiger charge is -2.66. The molecule has 4 saturated carbocycles. The molecule has 1 unspecified atom stereocenters. The van der Waals surface area contributed by atoms with E-state index in [9.17, 15) is 9.90 Å². The number of ketones is 1. The van der Waals surface area contributed by atoms with Crippen molar-refractivity contribution in [3.63, 3.8) is 0 Å². The van der Waals surface area contributed by atoms with Crippen LogP contribution in [-0.4, -0.2) is 17.0 Å². The highest BCUT2D eigenvalue weighted by molar-refractivity contribution is 5.79. The van der Waals surface area contributed by atoms with Gasteiger partial charge in [-0.2, -0.15) is 0 Å². The molecule has 7 atom stereocenters. The number of fused-ring (bicyclic) bond motifs is 5. The van der Waals surface area contributed by atoms with Gasteiger partial charge in [0.05, 0.1) is 6.10 Å². The van der Waals surface area contributed by atoms with Crippen LogP contribution in [0.25, 0.3) is 0 Å². The molecule has 0 amide bonds. The van der Waals surface area contributed by atoms with Gasteiger partial charge in [-0.3, -0.25) is 4.79 Å². The van der Waals surface area contributed by atoms with Crippen molar-refractivity contribution in [1.29, 1.82) is 0 Å². The summed E-state index contributed by atoms with van der Waals surface area (Å²) in [5, 5.41) is 10.5. The maximum atomic E-state index is 12.0. The zero-order chi connectivity index (χ0) is 15.8. The molecule has 0 saturated heterocycles. The molecule has 2 heteroatoms. The molecule has 0 aromatic rings. The van der Waals surface area contributed by atoms with Crippen molar-refractivity contribution in [1.82, 2.24) is 0 Å². The molecule has 4 fully saturated rings. The third-order valence-electron chi connectivity index (χ3n) is 9.28. The average Bonchev–Trinajstić information content (AvgIpc) is 2.77. The first-order valence-electron chi connectivity index (χ1n) is 9.51. The van der Waals surface area contributed by atoms with Gasteiger partial charge in [0.15, 0.2) is 0 Å². The fourth-order valence-electron chi connectivity index (χ4n) is 7.40. The molecule has 124 valence electrons. The van der Waals surface area contributed by atoms with Crippen molar-refractivity contribution in [2.24, 2.45) is 34.0 Å². The van der Waals surface area contributed by atoms with Crippen LogP contribution in [0.3, 0.4) is 0 Å². The van der Waals surface area contributed by atoms with E-state index in [1.165, 1.54) is 32.1 Å². The van der Waals surface area contributed by atoms with E-state index in [0.29, 0.717) is 28.4 Å². The van der Waals surface area contributed by atoms with Crippen molar-refractivity contribution in [2.45, 2.75) is 84.7 Å². The van der Waals surface area contributed by atoms with Crippen LogP contribution in [0.5, 0.6) is 0 Å². The summed E-state index contributed by atoms with van der Waals surface area (Å²) in [6.07, 6.45) is 9.86. The molecule has 0 aromatic heterocycles. The van der Waals surface area contributed by atoms with Gasteiger partial charge in [0.1, 0.15) is 5.78 Å². The van der Waals surface area contributed by atoms with Crippen LogP contribution in [-0.2, 0) is 4.79 Å². The van der Waals surface area contributed by atoms with E-state index in [1.54, 1.807) is 0 Å². The molecule has 0 spiro atoms. The van der Waals surface area contributed by atoms with Crippen LogP contribution in [0, 0.1) is 34.0 Å². The Balaban J connectivity index is 1.71. The van der Waals surface area contributed by atoms with Gasteiger partial charge in [-0.1, -0.05) is 20.8 Å².